The molecular weight excluding hydrogens is 283 g/mol. The van der Waals surface area contributed by atoms with Gasteiger partial charge in [-0.1, -0.05) is 32.0 Å². The first kappa shape index (κ1) is 14.3. The molecular formula is C17H15FN2O2. The summed E-state index contributed by atoms with van der Waals surface area (Å²) in [6, 6.07) is 10.3. The standard InChI is InChI=1S/C17H15FN2O2/c1-9(2)15-14(21)8-11(16(18)17(15)22)13-7-10-5-3-4-6-12(10)19-20-13/h3-9,21-22H,1-2H3. The van der Waals surface area contributed by atoms with E-state index < -0.39 is 11.6 Å². The van der Waals surface area contributed by atoms with Crippen LogP contribution in [0.3, 0.4) is 0 Å². The number of fused-ring (bicyclic) bond motifs is 1. The van der Waals surface area contributed by atoms with E-state index in [4.69, 9.17) is 0 Å². The Morgan fingerprint density at radius 2 is 1.77 bits per heavy atom. The molecule has 4 nitrogen and oxygen atoms in total. The molecule has 0 aliphatic carbocycles. The maximum Gasteiger partial charge on any atom is 0.174 e. The number of phenolic OH excluding ortho intramolecular Hbond substituents is 2. The number of aromatic hydroxyl groups is 2. The molecule has 0 aliphatic heterocycles. The van der Waals surface area contributed by atoms with Crippen molar-refractivity contribution in [1.29, 1.82) is 0 Å². The predicted octanol–water partition coefficient (Wildman–Crippen LogP) is 3.97. The van der Waals surface area contributed by atoms with Crippen molar-refractivity contribution in [2.24, 2.45) is 0 Å². The lowest BCUT2D eigenvalue weighted by Gasteiger charge is -2.14. The van der Waals surface area contributed by atoms with Crippen LogP contribution in [0.1, 0.15) is 25.3 Å². The largest absolute Gasteiger partial charge is 0.507 e. The van der Waals surface area contributed by atoms with E-state index in [0.717, 1.165) is 5.39 Å². The first-order chi connectivity index (χ1) is 10.5. The van der Waals surface area contributed by atoms with Crippen LogP contribution in [0.25, 0.3) is 22.2 Å². The number of rotatable bonds is 2. The second-order valence-corrected chi connectivity index (χ2v) is 5.46. The highest BCUT2D eigenvalue weighted by atomic mass is 19.1. The minimum atomic E-state index is -0.800. The van der Waals surface area contributed by atoms with Crippen molar-refractivity contribution in [2.45, 2.75) is 19.8 Å². The fourth-order valence-corrected chi connectivity index (χ4v) is 2.52. The summed E-state index contributed by atoms with van der Waals surface area (Å²) < 4.78 is 14.5. The maximum absolute atomic E-state index is 14.5. The highest BCUT2D eigenvalue weighted by Crippen LogP contribution is 2.40. The Hall–Kier alpha value is -2.69. The molecule has 0 fully saturated rings. The fraction of sp³-hybridized carbons (Fsp3) is 0.176. The van der Waals surface area contributed by atoms with Gasteiger partial charge in [-0.25, -0.2) is 4.39 Å². The fourth-order valence-electron chi connectivity index (χ4n) is 2.52. The van der Waals surface area contributed by atoms with Crippen LogP contribution in [0.15, 0.2) is 36.4 Å². The van der Waals surface area contributed by atoms with Gasteiger partial charge in [0, 0.05) is 16.5 Å². The number of benzene rings is 2. The van der Waals surface area contributed by atoms with E-state index in [-0.39, 0.29) is 28.5 Å². The molecule has 1 aromatic heterocycles. The van der Waals surface area contributed by atoms with E-state index in [1.807, 2.05) is 18.2 Å². The number of halogens is 1. The van der Waals surface area contributed by atoms with Crippen LogP contribution in [0.2, 0.25) is 0 Å². The van der Waals surface area contributed by atoms with Crippen molar-refractivity contribution in [3.8, 4) is 22.8 Å². The molecule has 112 valence electrons. The van der Waals surface area contributed by atoms with E-state index in [1.54, 1.807) is 26.0 Å². The van der Waals surface area contributed by atoms with E-state index in [9.17, 15) is 14.6 Å². The zero-order chi connectivity index (χ0) is 15.9. The van der Waals surface area contributed by atoms with Crippen molar-refractivity contribution >= 4 is 10.9 Å². The van der Waals surface area contributed by atoms with Crippen LogP contribution in [-0.2, 0) is 0 Å². The highest BCUT2D eigenvalue weighted by molar-refractivity contribution is 5.82. The average molecular weight is 298 g/mol. The van der Waals surface area contributed by atoms with Gasteiger partial charge < -0.3 is 10.2 Å². The third kappa shape index (κ3) is 2.24. The van der Waals surface area contributed by atoms with Gasteiger partial charge in [0.1, 0.15) is 5.75 Å². The first-order valence-corrected chi connectivity index (χ1v) is 6.96. The van der Waals surface area contributed by atoms with E-state index in [0.29, 0.717) is 5.52 Å². The van der Waals surface area contributed by atoms with Crippen LogP contribution in [-0.4, -0.2) is 20.4 Å². The maximum atomic E-state index is 14.5. The number of hydrogen-bond acceptors (Lipinski definition) is 4. The number of hydrogen-bond donors (Lipinski definition) is 2. The lowest BCUT2D eigenvalue weighted by atomic mass is 9.97. The summed E-state index contributed by atoms with van der Waals surface area (Å²) in [4.78, 5) is 0. The molecule has 0 bridgehead atoms. The molecule has 0 unspecified atom stereocenters. The quantitative estimate of drug-likeness (QED) is 0.751. The van der Waals surface area contributed by atoms with Crippen LogP contribution >= 0.6 is 0 Å². The Balaban J connectivity index is 2.22. The first-order valence-electron chi connectivity index (χ1n) is 6.96. The SMILES string of the molecule is CC(C)c1c(O)cc(-c2cc3ccccc3nn2)c(F)c1O. The van der Waals surface area contributed by atoms with Gasteiger partial charge in [0.05, 0.1) is 11.2 Å². The summed E-state index contributed by atoms with van der Waals surface area (Å²) in [7, 11) is 0. The summed E-state index contributed by atoms with van der Waals surface area (Å²) >= 11 is 0. The Bertz CT molecular complexity index is 863. The van der Waals surface area contributed by atoms with Crippen molar-refractivity contribution in [3.05, 3.63) is 47.8 Å². The number of phenols is 2. The molecule has 3 aromatic rings. The van der Waals surface area contributed by atoms with Crippen molar-refractivity contribution in [1.82, 2.24) is 10.2 Å². The van der Waals surface area contributed by atoms with Gasteiger partial charge in [-0.15, -0.1) is 10.2 Å². The van der Waals surface area contributed by atoms with E-state index in [1.165, 1.54) is 6.07 Å². The Morgan fingerprint density at radius 3 is 2.50 bits per heavy atom. The smallest absolute Gasteiger partial charge is 0.174 e. The van der Waals surface area contributed by atoms with Gasteiger partial charge in [0.15, 0.2) is 11.6 Å². The third-order valence-electron chi connectivity index (χ3n) is 3.60. The van der Waals surface area contributed by atoms with Gasteiger partial charge in [-0.3, -0.25) is 0 Å². The Labute approximate surface area is 126 Å². The predicted molar refractivity (Wildman–Crippen MR) is 82.4 cm³/mol. The molecule has 0 atom stereocenters. The molecule has 0 aliphatic rings. The summed E-state index contributed by atoms with van der Waals surface area (Å²) in [5.41, 5.74) is 1.17. The number of aromatic nitrogens is 2. The lowest BCUT2D eigenvalue weighted by Crippen LogP contribution is -1.97. The molecule has 22 heavy (non-hydrogen) atoms. The van der Waals surface area contributed by atoms with Crippen molar-refractivity contribution in [2.75, 3.05) is 0 Å². The molecule has 1 heterocycles. The van der Waals surface area contributed by atoms with Gasteiger partial charge in [0.25, 0.3) is 0 Å². The van der Waals surface area contributed by atoms with Crippen molar-refractivity contribution in [3.63, 3.8) is 0 Å². The summed E-state index contributed by atoms with van der Waals surface area (Å²) in [6.07, 6.45) is 0. The van der Waals surface area contributed by atoms with Crippen LogP contribution in [0.5, 0.6) is 11.5 Å². The van der Waals surface area contributed by atoms with E-state index >= 15 is 0 Å². The minimum Gasteiger partial charge on any atom is -0.507 e. The van der Waals surface area contributed by atoms with Gasteiger partial charge in [-0.2, -0.15) is 0 Å². The monoisotopic (exact) mass is 298 g/mol. The zero-order valence-corrected chi connectivity index (χ0v) is 12.2. The average Bonchev–Trinajstić information content (AvgIpc) is 2.50. The second-order valence-electron chi connectivity index (χ2n) is 5.46. The van der Waals surface area contributed by atoms with Crippen LogP contribution < -0.4 is 0 Å². The molecule has 2 aromatic carbocycles. The highest BCUT2D eigenvalue weighted by Gasteiger charge is 2.21. The molecule has 3 rings (SSSR count). The van der Waals surface area contributed by atoms with Crippen LogP contribution in [0.4, 0.5) is 4.39 Å². The summed E-state index contributed by atoms with van der Waals surface area (Å²) in [6.45, 7) is 3.54. The summed E-state index contributed by atoms with van der Waals surface area (Å²) in [5.74, 6) is -1.70. The number of nitrogens with zero attached hydrogens (tertiary/aromatic N) is 2. The second kappa shape index (κ2) is 5.26. The van der Waals surface area contributed by atoms with Gasteiger partial charge >= 0.3 is 0 Å². The molecule has 0 spiro atoms. The Kier molecular flexibility index (Phi) is 3.41. The third-order valence-corrected chi connectivity index (χ3v) is 3.60. The molecule has 2 N–H and O–H groups in total. The van der Waals surface area contributed by atoms with Crippen molar-refractivity contribution < 1.29 is 14.6 Å². The van der Waals surface area contributed by atoms with Gasteiger partial charge in [0.2, 0.25) is 0 Å². The molecule has 5 heteroatoms. The molecule has 0 amide bonds. The van der Waals surface area contributed by atoms with E-state index in [2.05, 4.69) is 10.2 Å². The minimum absolute atomic E-state index is 0.0256. The summed E-state index contributed by atoms with van der Waals surface area (Å²) in [5, 5.41) is 28.9. The molecule has 0 radical (unpaired) electrons. The Morgan fingerprint density at radius 1 is 1.05 bits per heavy atom. The normalized spacial score (nSPS) is 11.3. The zero-order valence-electron chi connectivity index (χ0n) is 12.2. The molecule has 0 saturated heterocycles. The molecule has 0 saturated carbocycles. The van der Waals surface area contributed by atoms with Gasteiger partial charge in [-0.05, 0) is 24.1 Å². The lowest BCUT2D eigenvalue weighted by molar-refractivity contribution is 0.406. The van der Waals surface area contributed by atoms with Crippen LogP contribution in [0, 0.1) is 5.82 Å². The topological polar surface area (TPSA) is 66.2 Å².